The van der Waals surface area contributed by atoms with Gasteiger partial charge in [-0.25, -0.2) is 13.8 Å². The van der Waals surface area contributed by atoms with Gasteiger partial charge in [0.2, 0.25) is 0 Å². The van der Waals surface area contributed by atoms with E-state index in [1.54, 1.807) is 6.92 Å². The molecule has 118 valence electrons. The minimum atomic E-state index is -1.00. The molecule has 23 heavy (non-hydrogen) atoms. The van der Waals surface area contributed by atoms with Gasteiger partial charge in [0.25, 0.3) is 11.5 Å². The molecule has 2 rings (SSSR count). The van der Waals surface area contributed by atoms with Crippen LogP contribution in [0.2, 0.25) is 0 Å². The normalized spacial score (nSPS) is 9.87. The van der Waals surface area contributed by atoms with Crippen LogP contribution in [-0.4, -0.2) is 22.0 Å². The molecule has 5 nitrogen and oxygen atoms in total. The Morgan fingerprint density at radius 1 is 1.35 bits per heavy atom. The van der Waals surface area contributed by atoms with Crippen molar-refractivity contribution in [3.63, 3.8) is 0 Å². The zero-order chi connectivity index (χ0) is 16.8. The van der Waals surface area contributed by atoms with Crippen molar-refractivity contribution in [1.29, 1.82) is 0 Å². The van der Waals surface area contributed by atoms with E-state index in [1.165, 1.54) is 12.4 Å². The number of halogens is 2. The molecule has 0 aliphatic carbocycles. The highest BCUT2D eigenvalue weighted by molar-refractivity contribution is 5.93. The monoisotopic (exact) mass is 317 g/mol. The lowest BCUT2D eigenvalue weighted by atomic mass is 10.2. The molecule has 0 atom stereocenters. The maximum absolute atomic E-state index is 13.2. The number of carbonyl (C=O) groups excluding carboxylic acids is 1. The van der Waals surface area contributed by atoms with Gasteiger partial charge in [0.1, 0.15) is 5.56 Å². The van der Waals surface area contributed by atoms with Crippen LogP contribution in [0, 0.1) is 23.5 Å². The highest BCUT2D eigenvalue weighted by atomic mass is 19.2. The average Bonchev–Trinajstić information content (AvgIpc) is 2.53. The Kier molecular flexibility index (Phi) is 5.20. The topological polar surface area (TPSA) is 64.0 Å². The number of carbonyl (C=O) groups is 1. The fourth-order valence-electron chi connectivity index (χ4n) is 1.86. The third kappa shape index (κ3) is 4.01. The van der Waals surface area contributed by atoms with Crippen molar-refractivity contribution >= 4 is 5.91 Å². The van der Waals surface area contributed by atoms with Crippen molar-refractivity contribution in [2.24, 2.45) is 0 Å². The Bertz CT molecular complexity index is 850. The Morgan fingerprint density at radius 2 is 2.13 bits per heavy atom. The summed E-state index contributed by atoms with van der Waals surface area (Å²) in [6, 6.07) is 3.32. The van der Waals surface area contributed by atoms with Crippen LogP contribution in [0.5, 0.6) is 0 Å². The van der Waals surface area contributed by atoms with Gasteiger partial charge in [0.05, 0.1) is 19.4 Å². The summed E-state index contributed by atoms with van der Waals surface area (Å²) in [7, 11) is 0. The number of benzene rings is 1. The molecular weight excluding hydrogens is 304 g/mol. The Hall–Kier alpha value is -3.01. The number of hydrogen-bond donors (Lipinski definition) is 1. The van der Waals surface area contributed by atoms with Gasteiger partial charge in [-0.3, -0.25) is 14.2 Å². The minimum absolute atomic E-state index is 0.0289. The molecule has 0 saturated carbocycles. The molecule has 7 heteroatoms. The van der Waals surface area contributed by atoms with E-state index in [0.29, 0.717) is 5.56 Å². The van der Waals surface area contributed by atoms with E-state index in [9.17, 15) is 18.4 Å². The van der Waals surface area contributed by atoms with Crippen LogP contribution in [0.4, 0.5) is 8.78 Å². The maximum Gasteiger partial charge on any atom is 0.266 e. The van der Waals surface area contributed by atoms with Gasteiger partial charge < -0.3 is 5.32 Å². The molecule has 1 N–H and O–H groups in total. The van der Waals surface area contributed by atoms with Gasteiger partial charge in [-0.1, -0.05) is 12.0 Å². The molecule has 0 aliphatic rings. The van der Waals surface area contributed by atoms with E-state index in [4.69, 9.17) is 0 Å². The van der Waals surface area contributed by atoms with Crippen molar-refractivity contribution in [3.8, 4) is 11.8 Å². The first-order valence-corrected chi connectivity index (χ1v) is 6.69. The van der Waals surface area contributed by atoms with Gasteiger partial charge in [0, 0.05) is 6.20 Å². The zero-order valence-electron chi connectivity index (χ0n) is 12.3. The van der Waals surface area contributed by atoms with Crippen molar-refractivity contribution in [3.05, 3.63) is 63.8 Å². The minimum Gasteiger partial charge on any atom is -0.341 e. The number of nitrogens with one attached hydrogen (secondary N) is 1. The summed E-state index contributed by atoms with van der Waals surface area (Å²) in [5.74, 6) is 2.69. The summed E-state index contributed by atoms with van der Waals surface area (Å²) in [5.41, 5.74) is -0.345. The molecule has 0 spiro atoms. The second kappa shape index (κ2) is 7.31. The molecule has 0 bridgehead atoms. The molecule has 0 aliphatic heterocycles. The largest absolute Gasteiger partial charge is 0.341 e. The first-order valence-electron chi connectivity index (χ1n) is 6.69. The molecule has 0 radical (unpaired) electrons. The predicted molar refractivity (Wildman–Crippen MR) is 79.7 cm³/mol. The quantitative estimate of drug-likeness (QED) is 0.865. The standard InChI is InChI=1S/C16H13F2N3O2/c1-2-3-6-20-15(22)12-8-19-10-21(16(12)23)9-11-4-5-13(17)14(18)7-11/h4-5,7-8,10H,6,9H2,1H3,(H,20,22). The van der Waals surface area contributed by atoms with E-state index in [-0.39, 0.29) is 18.7 Å². The maximum atomic E-state index is 13.2. The Morgan fingerprint density at radius 3 is 2.83 bits per heavy atom. The van der Waals surface area contributed by atoms with Crippen LogP contribution in [-0.2, 0) is 6.54 Å². The Balaban J connectivity index is 2.24. The van der Waals surface area contributed by atoms with Crippen molar-refractivity contribution in [1.82, 2.24) is 14.9 Å². The molecule has 0 unspecified atom stereocenters. The van der Waals surface area contributed by atoms with Crippen LogP contribution in [0.3, 0.4) is 0 Å². The van der Waals surface area contributed by atoms with Crippen LogP contribution in [0.15, 0.2) is 35.5 Å². The van der Waals surface area contributed by atoms with E-state index in [2.05, 4.69) is 22.1 Å². The highest BCUT2D eigenvalue weighted by Crippen LogP contribution is 2.09. The molecule has 0 saturated heterocycles. The van der Waals surface area contributed by atoms with Crippen molar-refractivity contribution in [2.45, 2.75) is 13.5 Å². The van der Waals surface area contributed by atoms with E-state index in [1.807, 2.05) is 0 Å². The second-order valence-corrected chi connectivity index (χ2v) is 4.60. The lowest BCUT2D eigenvalue weighted by molar-refractivity contribution is 0.0956. The number of nitrogens with zero attached hydrogens (tertiary/aromatic N) is 2. The molecular formula is C16H13F2N3O2. The molecule has 0 fully saturated rings. The third-order valence-electron chi connectivity index (χ3n) is 3.00. The number of hydrogen-bond acceptors (Lipinski definition) is 3. The number of amides is 1. The summed E-state index contributed by atoms with van der Waals surface area (Å²) in [6.07, 6.45) is 2.38. The SMILES string of the molecule is CC#CCNC(=O)c1cncn(Cc2ccc(F)c(F)c2)c1=O. The summed E-state index contributed by atoms with van der Waals surface area (Å²) in [6.45, 7) is 1.72. The zero-order valence-corrected chi connectivity index (χ0v) is 12.3. The van der Waals surface area contributed by atoms with Gasteiger partial charge >= 0.3 is 0 Å². The summed E-state index contributed by atoms with van der Waals surface area (Å²) < 4.78 is 27.3. The fourth-order valence-corrected chi connectivity index (χ4v) is 1.86. The predicted octanol–water partition coefficient (Wildman–Crippen LogP) is 1.32. The second-order valence-electron chi connectivity index (χ2n) is 4.60. The average molecular weight is 317 g/mol. The first-order chi connectivity index (χ1) is 11.0. The van der Waals surface area contributed by atoms with Gasteiger partial charge in [0.15, 0.2) is 11.6 Å². The Labute approximate surface area is 131 Å². The van der Waals surface area contributed by atoms with Crippen LogP contribution >= 0.6 is 0 Å². The third-order valence-corrected chi connectivity index (χ3v) is 3.00. The summed E-state index contributed by atoms with van der Waals surface area (Å²) >= 11 is 0. The molecule has 1 amide bonds. The van der Waals surface area contributed by atoms with Crippen LogP contribution < -0.4 is 10.9 Å². The molecule has 2 aromatic rings. The van der Waals surface area contributed by atoms with Crippen molar-refractivity contribution in [2.75, 3.05) is 6.54 Å². The molecule has 1 aromatic heterocycles. The highest BCUT2D eigenvalue weighted by Gasteiger charge is 2.13. The van der Waals surface area contributed by atoms with Gasteiger partial charge in [-0.05, 0) is 24.6 Å². The number of rotatable bonds is 4. The van der Waals surface area contributed by atoms with Gasteiger partial charge in [-0.2, -0.15) is 0 Å². The first kappa shape index (κ1) is 16.4. The fraction of sp³-hybridized carbons (Fsp3) is 0.188. The van der Waals surface area contributed by atoms with Crippen LogP contribution in [0.1, 0.15) is 22.8 Å². The van der Waals surface area contributed by atoms with Gasteiger partial charge in [-0.15, -0.1) is 5.92 Å². The summed E-state index contributed by atoms with van der Waals surface area (Å²) in [5, 5.41) is 2.47. The van der Waals surface area contributed by atoms with E-state index >= 15 is 0 Å². The molecule has 1 heterocycles. The smallest absolute Gasteiger partial charge is 0.266 e. The lowest BCUT2D eigenvalue weighted by Crippen LogP contribution is -2.33. The molecule has 1 aromatic carbocycles. The number of aromatic nitrogens is 2. The van der Waals surface area contributed by atoms with E-state index < -0.39 is 23.1 Å². The van der Waals surface area contributed by atoms with Crippen LogP contribution in [0.25, 0.3) is 0 Å². The lowest BCUT2D eigenvalue weighted by Gasteiger charge is -2.08. The van der Waals surface area contributed by atoms with Crippen molar-refractivity contribution < 1.29 is 13.6 Å². The van der Waals surface area contributed by atoms with E-state index in [0.717, 1.165) is 22.9 Å². The summed E-state index contributed by atoms with van der Waals surface area (Å²) in [4.78, 5) is 28.0.